The third-order valence-electron chi connectivity index (χ3n) is 5.80. The predicted octanol–water partition coefficient (Wildman–Crippen LogP) is 5.78. The molecule has 1 N–H and O–H groups in total. The Hall–Kier alpha value is -3.12. The Morgan fingerprint density at radius 1 is 0.917 bits per heavy atom. The third-order valence-corrected chi connectivity index (χ3v) is 6.79. The first-order chi connectivity index (χ1) is 17.3. The molecule has 0 unspecified atom stereocenters. The number of nitrogens with zero attached hydrogens (tertiary/aromatic N) is 1. The van der Waals surface area contributed by atoms with Gasteiger partial charge in [0.1, 0.15) is 11.9 Å². The number of hydrogen-bond donors (Lipinski definition) is 1. The summed E-state index contributed by atoms with van der Waals surface area (Å²) >= 11 is 1.47. The highest BCUT2D eigenvalue weighted by molar-refractivity contribution is 7.99. The fraction of sp³-hybridized carbons (Fsp3) is 0.333. The Labute approximate surface area is 218 Å². The number of halogens is 1. The third kappa shape index (κ3) is 8.83. The van der Waals surface area contributed by atoms with E-state index in [1.165, 1.54) is 23.9 Å². The Morgan fingerprint density at radius 2 is 1.61 bits per heavy atom. The van der Waals surface area contributed by atoms with Crippen molar-refractivity contribution in [2.45, 2.75) is 45.5 Å². The highest BCUT2D eigenvalue weighted by Crippen LogP contribution is 2.19. The zero-order valence-corrected chi connectivity index (χ0v) is 22.1. The molecule has 3 aromatic rings. The van der Waals surface area contributed by atoms with Crippen molar-refractivity contribution >= 4 is 23.6 Å². The van der Waals surface area contributed by atoms with E-state index in [4.69, 9.17) is 0 Å². The first kappa shape index (κ1) is 27.5. The molecule has 0 aliphatic rings. The molecule has 0 fully saturated rings. The fourth-order valence-electron chi connectivity index (χ4n) is 3.90. The molecule has 0 bridgehead atoms. The highest BCUT2D eigenvalue weighted by atomic mass is 32.2. The molecule has 0 aliphatic carbocycles. The van der Waals surface area contributed by atoms with Gasteiger partial charge < -0.3 is 10.2 Å². The molecule has 0 saturated carbocycles. The Bertz CT molecular complexity index is 1120. The molecule has 190 valence electrons. The second kappa shape index (κ2) is 13.8. The maximum atomic E-state index is 13.6. The first-order valence-corrected chi connectivity index (χ1v) is 13.5. The van der Waals surface area contributed by atoms with E-state index in [9.17, 15) is 14.0 Å². The van der Waals surface area contributed by atoms with E-state index < -0.39 is 6.04 Å². The number of nitrogens with one attached hydrogen (secondary N) is 1. The minimum atomic E-state index is -0.634. The average molecular weight is 507 g/mol. The lowest BCUT2D eigenvalue weighted by Gasteiger charge is -2.32. The van der Waals surface area contributed by atoms with Crippen molar-refractivity contribution in [1.29, 1.82) is 0 Å². The van der Waals surface area contributed by atoms with E-state index in [0.717, 1.165) is 22.3 Å². The van der Waals surface area contributed by atoms with E-state index in [-0.39, 0.29) is 23.4 Å². The van der Waals surface area contributed by atoms with Gasteiger partial charge in [0.05, 0.1) is 5.75 Å². The fourth-order valence-corrected chi connectivity index (χ4v) is 4.77. The van der Waals surface area contributed by atoms with Crippen LogP contribution in [0.2, 0.25) is 0 Å². The van der Waals surface area contributed by atoms with Crippen molar-refractivity contribution in [2.24, 2.45) is 5.92 Å². The van der Waals surface area contributed by atoms with Gasteiger partial charge in [-0.1, -0.05) is 86.1 Å². The molecule has 1 atom stereocenters. The summed E-state index contributed by atoms with van der Waals surface area (Å²) in [7, 11) is 0. The Kier molecular flexibility index (Phi) is 10.6. The van der Waals surface area contributed by atoms with E-state index in [0.29, 0.717) is 31.2 Å². The molecule has 0 radical (unpaired) electrons. The molecule has 0 aliphatic heterocycles. The average Bonchev–Trinajstić information content (AvgIpc) is 2.86. The van der Waals surface area contributed by atoms with Crippen LogP contribution in [-0.2, 0) is 28.3 Å². The SMILES string of the molecule is Cc1cccc(CN(C(=O)CSCc2ccc(F)cc2)[C@H](Cc2ccccc2)C(=O)NCC(C)C)c1. The number of carbonyl (C=O) groups excluding carboxylic acids is 2. The van der Waals surface area contributed by atoms with Gasteiger partial charge in [0, 0.05) is 25.3 Å². The molecular weight excluding hydrogens is 471 g/mol. The van der Waals surface area contributed by atoms with Gasteiger partial charge >= 0.3 is 0 Å². The van der Waals surface area contributed by atoms with Gasteiger partial charge in [-0.25, -0.2) is 4.39 Å². The molecule has 0 saturated heterocycles. The molecule has 36 heavy (non-hydrogen) atoms. The number of aryl methyl sites for hydroxylation is 1. The number of carbonyl (C=O) groups is 2. The summed E-state index contributed by atoms with van der Waals surface area (Å²) < 4.78 is 13.2. The summed E-state index contributed by atoms with van der Waals surface area (Å²) in [6, 6.07) is 23.5. The molecule has 0 aromatic heterocycles. The van der Waals surface area contributed by atoms with Crippen molar-refractivity contribution in [2.75, 3.05) is 12.3 Å². The van der Waals surface area contributed by atoms with Gasteiger partial charge in [0.15, 0.2) is 0 Å². The van der Waals surface area contributed by atoms with Crippen LogP contribution in [0, 0.1) is 18.7 Å². The number of rotatable bonds is 12. The Balaban J connectivity index is 1.83. The summed E-state index contributed by atoms with van der Waals surface area (Å²) in [6.45, 7) is 7.02. The predicted molar refractivity (Wildman–Crippen MR) is 146 cm³/mol. The van der Waals surface area contributed by atoms with Crippen LogP contribution in [-0.4, -0.2) is 35.1 Å². The van der Waals surface area contributed by atoms with Crippen LogP contribution in [0.1, 0.15) is 36.1 Å². The quantitative estimate of drug-likeness (QED) is 0.339. The van der Waals surface area contributed by atoms with Gasteiger partial charge in [-0.15, -0.1) is 11.8 Å². The number of benzene rings is 3. The zero-order valence-electron chi connectivity index (χ0n) is 21.2. The molecule has 0 heterocycles. The smallest absolute Gasteiger partial charge is 0.243 e. The largest absolute Gasteiger partial charge is 0.354 e. The topological polar surface area (TPSA) is 49.4 Å². The molecule has 3 aromatic carbocycles. The number of amides is 2. The maximum absolute atomic E-state index is 13.6. The van der Waals surface area contributed by atoms with Crippen LogP contribution in [0.5, 0.6) is 0 Å². The van der Waals surface area contributed by atoms with Gasteiger partial charge in [-0.3, -0.25) is 9.59 Å². The minimum Gasteiger partial charge on any atom is -0.354 e. The summed E-state index contributed by atoms with van der Waals surface area (Å²) in [5, 5.41) is 3.05. The van der Waals surface area contributed by atoms with Crippen molar-refractivity contribution < 1.29 is 14.0 Å². The second-order valence-electron chi connectivity index (χ2n) is 9.47. The van der Waals surface area contributed by atoms with Crippen LogP contribution in [0.4, 0.5) is 4.39 Å². The van der Waals surface area contributed by atoms with Crippen LogP contribution in [0.3, 0.4) is 0 Å². The van der Waals surface area contributed by atoms with E-state index in [1.807, 2.05) is 69.3 Å². The van der Waals surface area contributed by atoms with Gasteiger partial charge in [0.2, 0.25) is 11.8 Å². The summed E-state index contributed by atoms with van der Waals surface area (Å²) in [5.41, 5.74) is 4.05. The molecular formula is C30H35FN2O2S. The van der Waals surface area contributed by atoms with Gasteiger partial charge in [-0.05, 0) is 41.7 Å². The van der Waals surface area contributed by atoms with Crippen molar-refractivity contribution in [3.8, 4) is 0 Å². The van der Waals surface area contributed by atoms with Gasteiger partial charge in [0.25, 0.3) is 0 Å². The normalized spacial score (nSPS) is 11.8. The minimum absolute atomic E-state index is 0.0933. The summed E-state index contributed by atoms with van der Waals surface area (Å²) in [6.07, 6.45) is 0.435. The number of hydrogen-bond acceptors (Lipinski definition) is 3. The van der Waals surface area contributed by atoms with Crippen LogP contribution in [0.25, 0.3) is 0 Å². The lowest BCUT2D eigenvalue weighted by molar-refractivity contribution is -0.139. The zero-order chi connectivity index (χ0) is 25.9. The second-order valence-corrected chi connectivity index (χ2v) is 10.5. The molecule has 0 spiro atoms. The van der Waals surface area contributed by atoms with E-state index >= 15 is 0 Å². The van der Waals surface area contributed by atoms with Crippen molar-refractivity contribution in [1.82, 2.24) is 10.2 Å². The van der Waals surface area contributed by atoms with Crippen LogP contribution in [0.15, 0.2) is 78.9 Å². The molecule has 2 amide bonds. The standard InChI is InChI=1S/C30H35FN2O2S/c1-22(2)18-32-30(35)28(17-24-9-5-4-6-10-24)33(19-26-11-7-8-23(3)16-26)29(34)21-36-20-25-12-14-27(31)15-13-25/h4-16,22,28H,17-21H2,1-3H3,(H,32,35)/t28-/m1/s1. The van der Waals surface area contributed by atoms with E-state index in [2.05, 4.69) is 11.4 Å². The van der Waals surface area contributed by atoms with Crippen LogP contribution >= 0.6 is 11.8 Å². The molecule has 3 rings (SSSR count). The first-order valence-electron chi connectivity index (χ1n) is 12.3. The molecule has 6 heteroatoms. The van der Waals surface area contributed by atoms with Crippen molar-refractivity contribution in [3.63, 3.8) is 0 Å². The number of thioether (sulfide) groups is 1. The van der Waals surface area contributed by atoms with E-state index in [1.54, 1.807) is 17.0 Å². The van der Waals surface area contributed by atoms with Gasteiger partial charge in [-0.2, -0.15) is 0 Å². The van der Waals surface area contributed by atoms with Crippen molar-refractivity contribution in [3.05, 3.63) is 107 Å². The highest BCUT2D eigenvalue weighted by Gasteiger charge is 2.30. The summed E-state index contributed by atoms with van der Waals surface area (Å²) in [5.74, 6) is 0.610. The lowest BCUT2D eigenvalue weighted by Crippen LogP contribution is -2.51. The Morgan fingerprint density at radius 3 is 2.28 bits per heavy atom. The molecule has 4 nitrogen and oxygen atoms in total. The lowest BCUT2D eigenvalue weighted by atomic mass is 10.0. The summed E-state index contributed by atoms with van der Waals surface area (Å²) in [4.78, 5) is 28.8. The monoisotopic (exact) mass is 506 g/mol. The maximum Gasteiger partial charge on any atom is 0.243 e. The van der Waals surface area contributed by atoms with Crippen LogP contribution < -0.4 is 5.32 Å².